The van der Waals surface area contributed by atoms with Gasteiger partial charge in [-0.15, -0.1) is 0 Å². The lowest BCUT2D eigenvalue weighted by atomic mass is 9.88. The van der Waals surface area contributed by atoms with Crippen LogP contribution in [0.5, 0.6) is 0 Å². The van der Waals surface area contributed by atoms with Crippen molar-refractivity contribution in [1.29, 1.82) is 0 Å². The van der Waals surface area contributed by atoms with Crippen molar-refractivity contribution in [2.24, 2.45) is 0 Å². The molecule has 2 aliphatic heterocycles. The van der Waals surface area contributed by atoms with Gasteiger partial charge >= 0.3 is 0 Å². The summed E-state index contributed by atoms with van der Waals surface area (Å²) in [4.78, 5) is 32.2. The zero-order valence-corrected chi connectivity index (χ0v) is 21.6. The van der Waals surface area contributed by atoms with Crippen LogP contribution in [0.4, 0.5) is 0 Å². The number of rotatable bonds is 2. The highest BCUT2D eigenvalue weighted by atomic mass is 35.5. The topological polar surface area (TPSA) is 87.7 Å². The first kappa shape index (κ1) is 23.9. The molecule has 0 radical (unpaired) electrons. The van der Waals surface area contributed by atoms with E-state index in [-0.39, 0.29) is 16.4 Å². The van der Waals surface area contributed by atoms with Crippen LogP contribution in [0.2, 0.25) is 5.02 Å². The molecular formula is C28H24ClN3O4S. The number of sulfonamides is 1. The number of carbonyl (C=O) groups excluding carboxylic acids is 2. The molecule has 1 aliphatic carbocycles. The van der Waals surface area contributed by atoms with Crippen LogP contribution < -0.4 is 0 Å². The maximum Gasteiger partial charge on any atom is 0.269 e. The number of halogens is 1. The molecule has 3 aromatic rings. The van der Waals surface area contributed by atoms with Gasteiger partial charge in [-0.3, -0.25) is 14.6 Å². The maximum atomic E-state index is 13.1. The number of pyridine rings is 1. The monoisotopic (exact) mass is 533 g/mol. The minimum atomic E-state index is -4.02. The summed E-state index contributed by atoms with van der Waals surface area (Å²) in [5, 5.41) is 0.705. The lowest BCUT2D eigenvalue weighted by Gasteiger charge is -2.31. The number of nitrogens with zero attached hydrogens (tertiary/aromatic N) is 3. The Hall–Kier alpha value is -3.49. The van der Waals surface area contributed by atoms with E-state index in [0.717, 1.165) is 29.7 Å². The van der Waals surface area contributed by atoms with E-state index in [4.69, 9.17) is 16.6 Å². The van der Waals surface area contributed by atoms with E-state index in [0.29, 0.717) is 35.3 Å². The Morgan fingerprint density at radius 2 is 1.68 bits per heavy atom. The van der Waals surface area contributed by atoms with E-state index < -0.39 is 22.5 Å². The third kappa shape index (κ3) is 4.04. The molecule has 1 aromatic heterocycles. The van der Waals surface area contributed by atoms with Crippen molar-refractivity contribution in [3.63, 3.8) is 0 Å². The summed E-state index contributed by atoms with van der Waals surface area (Å²) in [6.07, 6.45) is 4.83. The summed E-state index contributed by atoms with van der Waals surface area (Å²) < 4.78 is 26.4. The number of fused-ring (bicyclic) bond motifs is 3. The number of aromatic nitrogens is 1. The molecule has 1 fully saturated rings. The van der Waals surface area contributed by atoms with Crippen LogP contribution in [-0.2, 0) is 27.7 Å². The predicted molar refractivity (Wildman–Crippen MR) is 140 cm³/mol. The van der Waals surface area contributed by atoms with E-state index in [2.05, 4.69) is 12.1 Å². The minimum absolute atomic E-state index is 0.0447. The van der Waals surface area contributed by atoms with Crippen LogP contribution in [-0.4, -0.2) is 54.1 Å². The fraction of sp³-hybridized carbons (Fsp3) is 0.250. The standard InChI is InChI=1S/C28H24ClN3O4S/c29-21-9-10-22-20(16-21)8-7-19-4-3-13-30-27(19)26(22)18-11-14-31(15-12-18)25(33)17-32-28(34)23-5-1-2-6-24(23)37(32,35)36/h1-6,9-10,13,16H,7-8,11-12,14-15,17H2. The van der Waals surface area contributed by atoms with Crippen molar-refractivity contribution in [2.45, 2.75) is 30.6 Å². The van der Waals surface area contributed by atoms with Crippen LogP contribution in [0.15, 0.2) is 71.3 Å². The Morgan fingerprint density at radius 1 is 0.919 bits per heavy atom. The average molecular weight is 534 g/mol. The first-order valence-electron chi connectivity index (χ1n) is 12.2. The van der Waals surface area contributed by atoms with E-state index in [1.807, 2.05) is 24.4 Å². The number of likely N-dealkylation sites (tertiary alicyclic amines) is 1. The second-order valence-corrected chi connectivity index (χ2v) is 11.8. The van der Waals surface area contributed by atoms with Crippen LogP contribution in [0.25, 0.3) is 5.57 Å². The SMILES string of the molecule is O=C(CN1C(=O)c2ccccc2S1(=O)=O)N1CCC(=C2c3ccc(Cl)cc3CCc3cccnc32)CC1. The predicted octanol–water partition coefficient (Wildman–Crippen LogP) is 4.10. The second kappa shape index (κ2) is 9.11. The Kier molecular flexibility index (Phi) is 5.88. The lowest BCUT2D eigenvalue weighted by Crippen LogP contribution is -2.44. The molecule has 0 bridgehead atoms. The van der Waals surface area contributed by atoms with Gasteiger partial charge in [0.25, 0.3) is 15.9 Å². The van der Waals surface area contributed by atoms with Gasteiger partial charge in [0.2, 0.25) is 5.91 Å². The highest BCUT2D eigenvalue weighted by molar-refractivity contribution is 7.90. The smallest absolute Gasteiger partial charge is 0.269 e. The summed E-state index contributed by atoms with van der Waals surface area (Å²) in [5.74, 6) is -1.03. The van der Waals surface area contributed by atoms with Gasteiger partial charge in [0.05, 0.1) is 11.3 Å². The summed E-state index contributed by atoms with van der Waals surface area (Å²) >= 11 is 6.31. The number of aryl methyl sites for hydroxylation is 2. The second-order valence-electron chi connectivity index (χ2n) is 9.48. The van der Waals surface area contributed by atoms with E-state index in [1.165, 1.54) is 28.8 Å². The van der Waals surface area contributed by atoms with Gasteiger partial charge in [-0.1, -0.05) is 41.4 Å². The molecule has 6 rings (SSSR count). The molecule has 0 atom stereocenters. The summed E-state index contributed by atoms with van der Waals surface area (Å²) in [6, 6.07) is 16.1. The van der Waals surface area contributed by atoms with Crippen molar-refractivity contribution in [2.75, 3.05) is 19.6 Å². The number of piperidine rings is 1. The van der Waals surface area contributed by atoms with E-state index in [1.54, 1.807) is 17.0 Å². The summed E-state index contributed by atoms with van der Waals surface area (Å²) in [6.45, 7) is 0.392. The fourth-order valence-electron chi connectivity index (χ4n) is 5.52. The minimum Gasteiger partial charge on any atom is -0.340 e. The van der Waals surface area contributed by atoms with Crippen molar-refractivity contribution in [3.8, 4) is 0 Å². The molecule has 2 amide bonds. The number of hydrogen-bond acceptors (Lipinski definition) is 5. The first-order valence-corrected chi connectivity index (χ1v) is 14.1. The number of benzene rings is 2. The maximum absolute atomic E-state index is 13.1. The highest BCUT2D eigenvalue weighted by Gasteiger charge is 2.42. The molecule has 3 heterocycles. The van der Waals surface area contributed by atoms with Gasteiger partial charge in [-0.2, -0.15) is 0 Å². The zero-order valence-electron chi connectivity index (χ0n) is 20.0. The molecule has 0 saturated carbocycles. The largest absolute Gasteiger partial charge is 0.340 e. The molecular weight excluding hydrogens is 510 g/mol. The quantitative estimate of drug-likeness (QED) is 0.495. The van der Waals surface area contributed by atoms with Crippen LogP contribution in [0, 0.1) is 0 Å². The Labute approximate surface area is 220 Å². The van der Waals surface area contributed by atoms with Gasteiger partial charge < -0.3 is 4.90 Å². The van der Waals surface area contributed by atoms with Gasteiger partial charge in [0.15, 0.2) is 0 Å². The van der Waals surface area contributed by atoms with Crippen LogP contribution >= 0.6 is 11.6 Å². The molecule has 0 unspecified atom stereocenters. The highest BCUT2D eigenvalue weighted by Crippen LogP contribution is 2.38. The molecule has 7 nitrogen and oxygen atoms in total. The van der Waals surface area contributed by atoms with Crippen LogP contribution in [0.1, 0.15) is 45.6 Å². The first-order chi connectivity index (χ1) is 17.8. The van der Waals surface area contributed by atoms with E-state index >= 15 is 0 Å². The van der Waals surface area contributed by atoms with Crippen molar-refractivity contribution in [1.82, 2.24) is 14.2 Å². The molecule has 9 heteroatoms. The zero-order chi connectivity index (χ0) is 25.7. The fourth-order valence-corrected chi connectivity index (χ4v) is 7.23. The summed E-state index contributed by atoms with van der Waals surface area (Å²) in [7, 11) is -4.02. The molecule has 37 heavy (non-hydrogen) atoms. The van der Waals surface area contributed by atoms with Crippen molar-refractivity contribution < 1.29 is 18.0 Å². The van der Waals surface area contributed by atoms with E-state index in [9.17, 15) is 18.0 Å². The Balaban J connectivity index is 1.26. The van der Waals surface area contributed by atoms with Crippen molar-refractivity contribution >= 4 is 39.0 Å². The van der Waals surface area contributed by atoms with Gasteiger partial charge in [-0.25, -0.2) is 12.7 Å². The molecule has 2 aromatic carbocycles. The normalized spacial score (nSPS) is 18.2. The molecule has 0 spiro atoms. The van der Waals surface area contributed by atoms with Crippen molar-refractivity contribution in [3.05, 3.63) is 99.3 Å². The molecule has 188 valence electrons. The molecule has 1 saturated heterocycles. The Bertz CT molecular complexity index is 1590. The lowest BCUT2D eigenvalue weighted by molar-refractivity contribution is -0.131. The van der Waals surface area contributed by atoms with Gasteiger partial charge in [0, 0.05) is 29.9 Å². The molecule has 0 N–H and O–H groups in total. The number of hydrogen-bond donors (Lipinski definition) is 0. The number of carbonyl (C=O) groups is 2. The van der Waals surface area contributed by atoms with Gasteiger partial charge in [0.1, 0.15) is 11.4 Å². The number of amides is 2. The third-order valence-electron chi connectivity index (χ3n) is 7.39. The molecule has 3 aliphatic rings. The Morgan fingerprint density at radius 3 is 2.46 bits per heavy atom. The average Bonchev–Trinajstić information content (AvgIpc) is 3.02. The third-order valence-corrected chi connectivity index (χ3v) is 9.41. The summed E-state index contributed by atoms with van der Waals surface area (Å²) in [5.41, 5.74) is 6.91. The van der Waals surface area contributed by atoms with Crippen LogP contribution in [0.3, 0.4) is 0 Å². The van der Waals surface area contributed by atoms with Gasteiger partial charge in [-0.05, 0) is 72.7 Å².